The quantitative estimate of drug-likeness (QED) is 0.456. The number of ether oxygens (including phenoxy) is 2. The number of carbonyl (C=O) groups is 2. The average Bonchev–Trinajstić information content (AvgIpc) is 3.03. The Morgan fingerprint density at radius 3 is 2.47 bits per heavy atom. The first-order valence-electron chi connectivity index (χ1n) is 11.7. The molecule has 0 aliphatic carbocycles. The number of halogens is 3. The molecule has 2 aromatic carbocycles. The SMILES string of the molecule is C=CC.O=C(Cc1ncccn1)NCCN1CCOc2ccc(-c3ccc(OC(F)(F)F)cc3)cc2C1=O. The van der Waals surface area contributed by atoms with E-state index in [0.29, 0.717) is 34.8 Å². The number of hydrogen-bond donors (Lipinski definition) is 1. The van der Waals surface area contributed by atoms with Crippen LogP contribution in [-0.2, 0) is 11.2 Å². The van der Waals surface area contributed by atoms with E-state index < -0.39 is 6.36 Å². The maximum Gasteiger partial charge on any atom is 0.573 e. The van der Waals surface area contributed by atoms with E-state index in [1.54, 1.807) is 47.6 Å². The molecule has 0 bridgehead atoms. The fourth-order valence-corrected chi connectivity index (χ4v) is 3.56. The monoisotopic (exact) mass is 528 g/mol. The Bertz CT molecular complexity index is 1240. The van der Waals surface area contributed by atoms with Gasteiger partial charge in [-0.05, 0) is 48.4 Å². The molecule has 2 amide bonds. The normalized spacial score (nSPS) is 12.7. The van der Waals surface area contributed by atoms with Crippen LogP contribution in [0.1, 0.15) is 23.1 Å². The molecule has 1 N–H and O–H groups in total. The number of nitrogens with one attached hydrogen (secondary N) is 1. The Balaban J connectivity index is 0.00000127. The van der Waals surface area contributed by atoms with Gasteiger partial charge in [0.25, 0.3) is 5.91 Å². The number of fused-ring (bicyclic) bond motifs is 1. The summed E-state index contributed by atoms with van der Waals surface area (Å²) in [5.41, 5.74) is 1.58. The molecule has 4 rings (SSSR count). The molecule has 11 heteroatoms. The third-order valence-corrected chi connectivity index (χ3v) is 5.18. The van der Waals surface area contributed by atoms with Crippen molar-refractivity contribution >= 4 is 11.8 Å². The van der Waals surface area contributed by atoms with Crippen molar-refractivity contribution in [2.75, 3.05) is 26.2 Å². The molecule has 1 aliphatic rings. The van der Waals surface area contributed by atoms with Crippen molar-refractivity contribution < 1.29 is 32.2 Å². The van der Waals surface area contributed by atoms with Crippen molar-refractivity contribution in [2.24, 2.45) is 0 Å². The van der Waals surface area contributed by atoms with Gasteiger partial charge in [-0.2, -0.15) is 0 Å². The van der Waals surface area contributed by atoms with Crippen LogP contribution in [0.4, 0.5) is 13.2 Å². The molecule has 0 unspecified atom stereocenters. The molecular weight excluding hydrogens is 501 g/mol. The van der Waals surface area contributed by atoms with Crippen LogP contribution < -0.4 is 14.8 Å². The van der Waals surface area contributed by atoms with Gasteiger partial charge < -0.3 is 19.7 Å². The molecule has 0 atom stereocenters. The largest absolute Gasteiger partial charge is 0.573 e. The van der Waals surface area contributed by atoms with Crippen molar-refractivity contribution in [2.45, 2.75) is 19.7 Å². The highest BCUT2D eigenvalue weighted by Crippen LogP contribution is 2.31. The van der Waals surface area contributed by atoms with E-state index in [4.69, 9.17) is 4.74 Å². The predicted molar refractivity (Wildman–Crippen MR) is 135 cm³/mol. The molecule has 200 valence electrons. The van der Waals surface area contributed by atoms with Gasteiger partial charge in [0, 0.05) is 25.5 Å². The molecule has 8 nitrogen and oxygen atoms in total. The van der Waals surface area contributed by atoms with Crippen molar-refractivity contribution in [1.82, 2.24) is 20.2 Å². The topological polar surface area (TPSA) is 93.7 Å². The maximum absolute atomic E-state index is 13.2. The van der Waals surface area contributed by atoms with Crippen LogP contribution in [0.15, 0.2) is 73.6 Å². The summed E-state index contributed by atoms with van der Waals surface area (Å²) in [6.07, 6.45) is 0.133. The summed E-state index contributed by atoms with van der Waals surface area (Å²) in [7, 11) is 0. The molecule has 3 aromatic rings. The summed E-state index contributed by atoms with van der Waals surface area (Å²) >= 11 is 0. The second-order valence-electron chi connectivity index (χ2n) is 8.02. The molecule has 1 aromatic heterocycles. The third-order valence-electron chi connectivity index (χ3n) is 5.18. The summed E-state index contributed by atoms with van der Waals surface area (Å²) in [6, 6.07) is 12.1. The Morgan fingerprint density at radius 2 is 1.82 bits per heavy atom. The van der Waals surface area contributed by atoms with Crippen molar-refractivity contribution in [1.29, 1.82) is 0 Å². The average molecular weight is 529 g/mol. The molecule has 38 heavy (non-hydrogen) atoms. The van der Waals surface area contributed by atoms with E-state index in [9.17, 15) is 22.8 Å². The van der Waals surface area contributed by atoms with Gasteiger partial charge in [-0.15, -0.1) is 19.8 Å². The number of benzene rings is 2. The zero-order valence-electron chi connectivity index (χ0n) is 20.7. The predicted octanol–water partition coefficient (Wildman–Crippen LogP) is 4.43. The van der Waals surface area contributed by atoms with E-state index in [1.165, 1.54) is 24.3 Å². The highest BCUT2D eigenvalue weighted by atomic mass is 19.4. The number of rotatable bonds is 7. The van der Waals surface area contributed by atoms with Gasteiger partial charge in [-0.1, -0.05) is 24.3 Å². The first kappa shape index (κ1) is 28.2. The van der Waals surface area contributed by atoms with Gasteiger partial charge in [0.05, 0.1) is 18.5 Å². The van der Waals surface area contributed by atoms with Crippen LogP contribution in [0.2, 0.25) is 0 Å². The summed E-state index contributed by atoms with van der Waals surface area (Å²) in [5, 5.41) is 2.76. The maximum atomic E-state index is 13.2. The van der Waals surface area contributed by atoms with Gasteiger partial charge in [0.1, 0.15) is 23.9 Å². The Kier molecular flexibility index (Phi) is 9.80. The first-order valence-corrected chi connectivity index (χ1v) is 11.7. The summed E-state index contributed by atoms with van der Waals surface area (Å²) < 4.78 is 46.8. The molecule has 0 spiro atoms. The lowest BCUT2D eigenvalue weighted by Crippen LogP contribution is -2.39. The number of aromatic nitrogens is 2. The number of alkyl halides is 3. The Morgan fingerprint density at radius 1 is 1.16 bits per heavy atom. The van der Waals surface area contributed by atoms with Crippen molar-refractivity contribution in [3.05, 3.63) is 85.0 Å². The van der Waals surface area contributed by atoms with Crippen LogP contribution in [0.3, 0.4) is 0 Å². The van der Waals surface area contributed by atoms with Gasteiger partial charge >= 0.3 is 6.36 Å². The smallest absolute Gasteiger partial charge is 0.491 e. The zero-order valence-corrected chi connectivity index (χ0v) is 20.7. The van der Waals surface area contributed by atoms with E-state index in [0.717, 1.165) is 0 Å². The van der Waals surface area contributed by atoms with Crippen LogP contribution in [0.25, 0.3) is 11.1 Å². The minimum atomic E-state index is -4.77. The zero-order chi connectivity index (χ0) is 27.5. The Labute approximate surface area is 218 Å². The highest BCUT2D eigenvalue weighted by Gasteiger charge is 2.31. The third kappa shape index (κ3) is 8.32. The lowest BCUT2D eigenvalue weighted by Gasteiger charge is -2.20. The van der Waals surface area contributed by atoms with E-state index >= 15 is 0 Å². The second-order valence-corrected chi connectivity index (χ2v) is 8.02. The standard InChI is InChI=1S/C24H21F3N4O4.C3H6/c25-24(26,27)35-18-5-2-16(3-6-18)17-4-7-20-19(14-17)23(33)31(12-13-34-20)11-10-30-22(32)15-21-28-8-1-9-29-21;1-3-2/h1-9,14H,10-13,15H2,(H,30,32);3H,1H2,2H3. The molecule has 0 radical (unpaired) electrons. The minimum Gasteiger partial charge on any atom is -0.491 e. The number of carbonyl (C=O) groups excluding carboxylic acids is 2. The van der Waals surface area contributed by atoms with Gasteiger partial charge in [-0.25, -0.2) is 9.97 Å². The van der Waals surface area contributed by atoms with Crippen LogP contribution in [0, 0.1) is 0 Å². The summed E-state index contributed by atoms with van der Waals surface area (Å²) in [4.78, 5) is 34.9. The molecule has 0 saturated heterocycles. The molecule has 0 saturated carbocycles. The van der Waals surface area contributed by atoms with E-state index in [2.05, 4.69) is 26.6 Å². The van der Waals surface area contributed by atoms with Crippen LogP contribution in [0.5, 0.6) is 11.5 Å². The summed E-state index contributed by atoms with van der Waals surface area (Å²) in [6.45, 7) is 6.39. The lowest BCUT2D eigenvalue weighted by molar-refractivity contribution is -0.274. The lowest BCUT2D eigenvalue weighted by atomic mass is 10.0. The van der Waals surface area contributed by atoms with Crippen molar-refractivity contribution in [3.8, 4) is 22.6 Å². The van der Waals surface area contributed by atoms with Gasteiger partial charge in [0.15, 0.2) is 0 Å². The molecule has 2 heterocycles. The van der Waals surface area contributed by atoms with Crippen LogP contribution >= 0.6 is 0 Å². The highest BCUT2D eigenvalue weighted by molar-refractivity contribution is 5.98. The van der Waals surface area contributed by atoms with Gasteiger partial charge in [-0.3, -0.25) is 9.59 Å². The molecule has 0 fully saturated rings. The number of nitrogens with zero attached hydrogens (tertiary/aromatic N) is 3. The van der Waals surface area contributed by atoms with Crippen molar-refractivity contribution in [3.63, 3.8) is 0 Å². The van der Waals surface area contributed by atoms with Crippen LogP contribution in [-0.4, -0.2) is 59.3 Å². The minimum absolute atomic E-state index is 0.0386. The fourth-order valence-electron chi connectivity index (χ4n) is 3.56. The van der Waals surface area contributed by atoms with Gasteiger partial charge in [0.2, 0.25) is 5.91 Å². The number of amides is 2. The fraction of sp³-hybridized carbons (Fsp3) is 0.259. The first-order chi connectivity index (χ1) is 18.2. The second kappa shape index (κ2) is 13.2. The van der Waals surface area contributed by atoms with E-state index in [-0.39, 0.29) is 43.7 Å². The van der Waals surface area contributed by atoms with E-state index in [1.807, 2.05) is 6.92 Å². The molecule has 1 aliphatic heterocycles. The summed E-state index contributed by atoms with van der Waals surface area (Å²) in [5.74, 6) is -0.0258. The Hall–Kier alpha value is -4.41. The number of hydrogen-bond acceptors (Lipinski definition) is 6. The number of allylic oxidation sites excluding steroid dienone is 1. The molecular formula is C27H27F3N4O4.